The second-order valence-electron chi connectivity index (χ2n) is 4.26. The number of nitrogens with two attached hydrogens (primary N) is 1. The van der Waals surface area contributed by atoms with Gasteiger partial charge in [0.15, 0.2) is 0 Å². The van der Waals surface area contributed by atoms with Crippen molar-refractivity contribution in [2.24, 2.45) is 0 Å². The molecule has 3 nitrogen and oxygen atoms in total. The van der Waals surface area contributed by atoms with Crippen molar-refractivity contribution in [3.63, 3.8) is 0 Å². The predicted molar refractivity (Wildman–Crippen MR) is 74.1 cm³/mol. The van der Waals surface area contributed by atoms with Crippen LogP contribution in [0.2, 0.25) is 0 Å². The van der Waals surface area contributed by atoms with Crippen LogP contribution in [0.3, 0.4) is 0 Å². The van der Waals surface area contributed by atoms with E-state index < -0.39 is 0 Å². The Labute approximate surface area is 107 Å². The van der Waals surface area contributed by atoms with Gasteiger partial charge in [0.2, 0.25) is 0 Å². The van der Waals surface area contributed by atoms with Crippen LogP contribution in [0.25, 0.3) is 0 Å². The first-order chi connectivity index (χ1) is 8.69. The fourth-order valence-electron chi connectivity index (χ4n) is 1.79. The van der Waals surface area contributed by atoms with E-state index in [1.807, 2.05) is 43.3 Å². The highest BCUT2D eigenvalue weighted by Gasteiger charge is 2.00. The molecule has 0 saturated heterocycles. The Bertz CT molecular complexity index is 597. The van der Waals surface area contributed by atoms with E-state index in [0.29, 0.717) is 12.1 Å². The molecule has 0 radical (unpaired) electrons. The van der Waals surface area contributed by atoms with Crippen molar-refractivity contribution in [3.05, 3.63) is 59.2 Å². The van der Waals surface area contributed by atoms with Gasteiger partial charge >= 0.3 is 0 Å². The fourth-order valence-corrected chi connectivity index (χ4v) is 1.79. The van der Waals surface area contributed by atoms with Crippen LogP contribution >= 0.6 is 0 Å². The molecule has 0 aliphatic rings. The number of anilines is 2. The Hall–Kier alpha value is -2.47. The molecule has 0 aliphatic heterocycles. The smallest absolute Gasteiger partial charge is 0.0991 e. The van der Waals surface area contributed by atoms with Crippen molar-refractivity contribution in [1.82, 2.24) is 0 Å². The van der Waals surface area contributed by atoms with Crippen molar-refractivity contribution < 1.29 is 0 Å². The van der Waals surface area contributed by atoms with Gasteiger partial charge in [-0.1, -0.05) is 18.2 Å². The summed E-state index contributed by atoms with van der Waals surface area (Å²) in [4.78, 5) is 0. The molecule has 0 heterocycles. The van der Waals surface area contributed by atoms with E-state index in [9.17, 15) is 0 Å². The van der Waals surface area contributed by atoms with E-state index in [2.05, 4.69) is 11.4 Å². The van der Waals surface area contributed by atoms with Gasteiger partial charge in [0.1, 0.15) is 0 Å². The lowest BCUT2D eigenvalue weighted by Gasteiger charge is -2.10. The Morgan fingerprint density at radius 2 is 2.06 bits per heavy atom. The molecule has 2 aromatic carbocycles. The number of benzene rings is 2. The topological polar surface area (TPSA) is 61.8 Å². The molecule has 0 spiro atoms. The van der Waals surface area contributed by atoms with Crippen LogP contribution in [0.1, 0.15) is 16.7 Å². The molecular weight excluding hydrogens is 222 g/mol. The molecule has 3 N–H and O–H groups in total. The van der Waals surface area contributed by atoms with Crippen LogP contribution in [0, 0.1) is 18.3 Å². The lowest BCUT2D eigenvalue weighted by Crippen LogP contribution is -2.02. The average molecular weight is 237 g/mol. The molecule has 0 saturated carbocycles. The van der Waals surface area contributed by atoms with Crippen LogP contribution < -0.4 is 11.1 Å². The lowest BCUT2D eigenvalue weighted by atomic mass is 10.1. The standard InChI is InChI=1S/C15H15N3/c1-11-5-6-15(14(17)7-11)18-10-13-4-2-3-12(8-13)9-16/h2-8,18H,10,17H2,1H3. The summed E-state index contributed by atoms with van der Waals surface area (Å²) in [5.74, 6) is 0. The van der Waals surface area contributed by atoms with Crippen molar-refractivity contribution in [2.45, 2.75) is 13.5 Å². The molecular formula is C15H15N3. The molecule has 0 atom stereocenters. The molecule has 0 aromatic heterocycles. The zero-order valence-electron chi connectivity index (χ0n) is 10.3. The first kappa shape index (κ1) is 12.0. The molecule has 0 amide bonds. The van der Waals surface area contributed by atoms with Gasteiger partial charge in [0.25, 0.3) is 0 Å². The normalized spacial score (nSPS) is 9.78. The lowest BCUT2D eigenvalue weighted by molar-refractivity contribution is 1.15. The number of hydrogen-bond donors (Lipinski definition) is 2. The SMILES string of the molecule is Cc1ccc(NCc2cccc(C#N)c2)c(N)c1. The summed E-state index contributed by atoms with van der Waals surface area (Å²) in [6.45, 7) is 2.67. The minimum absolute atomic E-state index is 0.656. The maximum absolute atomic E-state index is 8.83. The van der Waals surface area contributed by atoms with Gasteiger partial charge in [0, 0.05) is 6.54 Å². The van der Waals surface area contributed by atoms with Crippen LogP contribution in [-0.2, 0) is 6.54 Å². The van der Waals surface area contributed by atoms with E-state index in [-0.39, 0.29) is 0 Å². The second kappa shape index (κ2) is 5.24. The number of rotatable bonds is 3. The van der Waals surface area contributed by atoms with Gasteiger partial charge in [-0.2, -0.15) is 5.26 Å². The minimum Gasteiger partial charge on any atom is -0.397 e. The van der Waals surface area contributed by atoms with Gasteiger partial charge in [0.05, 0.1) is 23.0 Å². The zero-order chi connectivity index (χ0) is 13.0. The molecule has 0 unspecified atom stereocenters. The fraction of sp³-hybridized carbons (Fsp3) is 0.133. The molecule has 0 bridgehead atoms. The second-order valence-corrected chi connectivity index (χ2v) is 4.26. The molecule has 90 valence electrons. The van der Waals surface area contributed by atoms with E-state index in [1.165, 1.54) is 0 Å². The first-order valence-corrected chi connectivity index (χ1v) is 5.78. The number of hydrogen-bond acceptors (Lipinski definition) is 3. The van der Waals surface area contributed by atoms with Gasteiger partial charge < -0.3 is 11.1 Å². The number of nitrogen functional groups attached to an aromatic ring is 1. The summed E-state index contributed by atoms with van der Waals surface area (Å²) in [6, 6.07) is 15.6. The summed E-state index contributed by atoms with van der Waals surface area (Å²) in [5, 5.41) is 12.1. The molecule has 0 aliphatic carbocycles. The third kappa shape index (κ3) is 2.80. The summed E-state index contributed by atoms with van der Waals surface area (Å²) < 4.78 is 0. The van der Waals surface area contributed by atoms with Gasteiger partial charge in [-0.25, -0.2) is 0 Å². The Morgan fingerprint density at radius 3 is 2.78 bits per heavy atom. The maximum Gasteiger partial charge on any atom is 0.0991 e. The number of nitrogens with one attached hydrogen (secondary N) is 1. The van der Waals surface area contributed by atoms with E-state index in [1.54, 1.807) is 6.07 Å². The number of nitrogens with zero attached hydrogens (tertiary/aromatic N) is 1. The molecule has 0 fully saturated rings. The molecule has 2 rings (SSSR count). The van der Waals surface area contributed by atoms with Crippen LogP contribution in [0.5, 0.6) is 0 Å². The van der Waals surface area contributed by atoms with E-state index >= 15 is 0 Å². The third-order valence-corrected chi connectivity index (χ3v) is 2.75. The highest BCUT2D eigenvalue weighted by molar-refractivity contribution is 5.66. The summed E-state index contributed by atoms with van der Waals surface area (Å²) in [6.07, 6.45) is 0. The van der Waals surface area contributed by atoms with Crippen molar-refractivity contribution in [2.75, 3.05) is 11.1 Å². The van der Waals surface area contributed by atoms with Crippen LogP contribution in [0.15, 0.2) is 42.5 Å². The summed E-state index contributed by atoms with van der Waals surface area (Å²) in [5.41, 5.74) is 10.5. The van der Waals surface area contributed by atoms with Gasteiger partial charge in [-0.3, -0.25) is 0 Å². The minimum atomic E-state index is 0.656. The average Bonchev–Trinajstić information content (AvgIpc) is 2.38. The number of aryl methyl sites for hydroxylation is 1. The van der Waals surface area contributed by atoms with E-state index in [4.69, 9.17) is 11.0 Å². The Morgan fingerprint density at radius 1 is 1.22 bits per heavy atom. The molecule has 18 heavy (non-hydrogen) atoms. The Balaban J connectivity index is 2.09. The highest BCUT2D eigenvalue weighted by Crippen LogP contribution is 2.20. The van der Waals surface area contributed by atoms with Crippen molar-refractivity contribution in [3.8, 4) is 6.07 Å². The van der Waals surface area contributed by atoms with Crippen molar-refractivity contribution >= 4 is 11.4 Å². The van der Waals surface area contributed by atoms with E-state index in [0.717, 1.165) is 22.5 Å². The highest BCUT2D eigenvalue weighted by atomic mass is 14.9. The maximum atomic E-state index is 8.83. The third-order valence-electron chi connectivity index (χ3n) is 2.75. The largest absolute Gasteiger partial charge is 0.397 e. The zero-order valence-corrected chi connectivity index (χ0v) is 10.3. The van der Waals surface area contributed by atoms with Crippen LogP contribution in [0.4, 0.5) is 11.4 Å². The van der Waals surface area contributed by atoms with Gasteiger partial charge in [-0.15, -0.1) is 0 Å². The molecule has 2 aromatic rings. The Kier molecular flexibility index (Phi) is 3.49. The quantitative estimate of drug-likeness (QED) is 0.806. The summed E-state index contributed by atoms with van der Waals surface area (Å²) in [7, 11) is 0. The van der Waals surface area contributed by atoms with Crippen molar-refractivity contribution in [1.29, 1.82) is 5.26 Å². The monoisotopic (exact) mass is 237 g/mol. The number of nitriles is 1. The predicted octanol–water partition coefficient (Wildman–Crippen LogP) is 3.06. The summed E-state index contributed by atoms with van der Waals surface area (Å²) >= 11 is 0. The first-order valence-electron chi connectivity index (χ1n) is 5.78. The van der Waals surface area contributed by atoms with Gasteiger partial charge in [-0.05, 0) is 42.3 Å². The van der Waals surface area contributed by atoms with Crippen LogP contribution in [-0.4, -0.2) is 0 Å². The molecule has 3 heteroatoms.